The first kappa shape index (κ1) is 34.1. The van der Waals surface area contributed by atoms with Crippen LogP contribution in [0.25, 0.3) is 45.0 Å². The van der Waals surface area contributed by atoms with E-state index in [2.05, 4.69) is 153 Å². The van der Waals surface area contributed by atoms with Crippen molar-refractivity contribution < 1.29 is 0 Å². The molecule has 0 atom stereocenters. The van der Waals surface area contributed by atoms with Gasteiger partial charge in [0.1, 0.15) is 11.6 Å². The largest absolute Gasteiger partial charge is 0.295 e. The van der Waals surface area contributed by atoms with E-state index in [4.69, 9.17) is 9.97 Å². The number of aromatic nitrogens is 4. The molecule has 0 unspecified atom stereocenters. The summed E-state index contributed by atoms with van der Waals surface area (Å²) >= 11 is 0. The first-order valence-corrected chi connectivity index (χ1v) is 18.6. The minimum absolute atomic E-state index is 0.800. The first-order valence-electron chi connectivity index (χ1n) is 18.6. The molecule has 0 spiro atoms. The van der Waals surface area contributed by atoms with Crippen molar-refractivity contribution in [2.24, 2.45) is 0 Å². The second-order valence-electron chi connectivity index (χ2n) is 13.2. The van der Waals surface area contributed by atoms with Gasteiger partial charge in [0.05, 0.1) is 22.8 Å². The Morgan fingerprint density at radius 3 is 1.05 bits per heavy atom. The topological polar surface area (TPSA) is 58.0 Å². The molecule has 9 rings (SSSR count). The Morgan fingerprint density at radius 2 is 0.643 bits per heavy atom. The molecule has 0 aliphatic heterocycles. The summed E-state index contributed by atoms with van der Waals surface area (Å²) in [5, 5.41) is 0. The van der Waals surface area contributed by atoms with Crippen LogP contribution >= 0.6 is 0 Å². The van der Waals surface area contributed by atoms with Crippen molar-refractivity contribution in [1.29, 1.82) is 0 Å². The quantitative estimate of drug-likeness (QED) is 0.140. The van der Waals surface area contributed by atoms with Crippen molar-refractivity contribution in [2.45, 2.75) is 0 Å². The molecule has 56 heavy (non-hydrogen) atoms. The molecule has 0 bridgehead atoms. The molecule has 4 aromatic heterocycles. The maximum absolute atomic E-state index is 5.21. The molecule has 6 nitrogen and oxygen atoms in total. The number of pyridine rings is 4. The van der Waals surface area contributed by atoms with Gasteiger partial charge in [-0.3, -0.25) is 19.8 Å². The Morgan fingerprint density at radius 1 is 0.268 bits per heavy atom. The zero-order chi connectivity index (χ0) is 37.5. The Bertz CT molecular complexity index is 2330. The Kier molecular flexibility index (Phi) is 9.57. The highest BCUT2D eigenvalue weighted by atomic mass is 15.2. The molecule has 9 aromatic rings. The molecule has 0 amide bonds. The highest BCUT2D eigenvalue weighted by Crippen LogP contribution is 2.40. The summed E-state index contributed by atoms with van der Waals surface area (Å²) in [5.41, 5.74) is 11.6. The third-order valence-corrected chi connectivity index (χ3v) is 9.56. The lowest BCUT2D eigenvalue weighted by atomic mass is 10.1. The summed E-state index contributed by atoms with van der Waals surface area (Å²) in [7, 11) is 0. The van der Waals surface area contributed by atoms with Crippen LogP contribution in [-0.2, 0) is 0 Å². The van der Waals surface area contributed by atoms with Gasteiger partial charge in [-0.2, -0.15) is 0 Å². The van der Waals surface area contributed by atoms with Gasteiger partial charge in [0, 0.05) is 57.4 Å². The summed E-state index contributed by atoms with van der Waals surface area (Å²) in [4.78, 5) is 24.1. The van der Waals surface area contributed by atoms with Crippen LogP contribution in [0.1, 0.15) is 0 Å². The van der Waals surface area contributed by atoms with Gasteiger partial charge in [-0.1, -0.05) is 109 Å². The van der Waals surface area contributed by atoms with Crippen LogP contribution in [0.2, 0.25) is 0 Å². The molecule has 4 heterocycles. The third-order valence-electron chi connectivity index (χ3n) is 9.56. The zero-order valence-corrected chi connectivity index (χ0v) is 30.5. The van der Waals surface area contributed by atoms with E-state index in [1.54, 1.807) is 0 Å². The predicted molar refractivity (Wildman–Crippen MR) is 229 cm³/mol. The monoisotopic (exact) mass is 720 g/mol. The molecule has 6 heteroatoms. The number of nitrogens with zero attached hydrogens (tertiary/aromatic N) is 6. The predicted octanol–water partition coefficient (Wildman–Crippen LogP) is 12.9. The second-order valence-corrected chi connectivity index (χ2v) is 13.2. The fourth-order valence-corrected chi connectivity index (χ4v) is 6.89. The van der Waals surface area contributed by atoms with E-state index in [1.165, 1.54) is 0 Å². The number of anilines is 6. The summed E-state index contributed by atoms with van der Waals surface area (Å²) in [6.07, 6.45) is 3.65. The molecule has 266 valence electrons. The van der Waals surface area contributed by atoms with E-state index in [1.807, 2.05) is 85.2 Å². The molecule has 0 fully saturated rings. The summed E-state index contributed by atoms with van der Waals surface area (Å²) in [6.45, 7) is 0. The molecule has 0 radical (unpaired) electrons. The van der Waals surface area contributed by atoms with Crippen LogP contribution in [0, 0.1) is 0 Å². The van der Waals surface area contributed by atoms with Crippen LogP contribution in [-0.4, -0.2) is 19.9 Å². The molecule has 0 saturated heterocycles. The van der Waals surface area contributed by atoms with Gasteiger partial charge in [0.15, 0.2) is 0 Å². The number of hydrogen-bond acceptors (Lipinski definition) is 6. The number of rotatable bonds is 10. The van der Waals surface area contributed by atoms with Gasteiger partial charge in [0.25, 0.3) is 0 Å². The highest BCUT2D eigenvalue weighted by molar-refractivity contribution is 5.83. The Hall–Kier alpha value is -7.70. The first-order chi connectivity index (χ1) is 27.8. The Labute approximate surface area is 326 Å². The highest BCUT2D eigenvalue weighted by Gasteiger charge is 2.19. The SMILES string of the molecule is c1ccc(-c2cccc(N(c3ccc(N(c4cccc(-c5ccccn5)c4)c4cccc(-c5ccccc5)n4)cc3)c3cccc(-c4ccccn4)c3)n2)cc1. The summed E-state index contributed by atoms with van der Waals surface area (Å²) in [6, 6.07) is 70.4. The van der Waals surface area contributed by atoms with E-state index in [0.717, 1.165) is 79.4 Å². The minimum atomic E-state index is 0.800. The minimum Gasteiger partial charge on any atom is -0.295 e. The van der Waals surface area contributed by atoms with E-state index >= 15 is 0 Å². The molecule has 5 aromatic carbocycles. The summed E-state index contributed by atoms with van der Waals surface area (Å²) in [5.74, 6) is 1.60. The van der Waals surface area contributed by atoms with Crippen molar-refractivity contribution in [1.82, 2.24) is 19.9 Å². The molecule has 0 aliphatic carbocycles. The van der Waals surface area contributed by atoms with Gasteiger partial charge < -0.3 is 0 Å². The molecular formula is C50H36N6. The van der Waals surface area contributed by atoms with E-state index in [-0.39, 0.29) is 0 Å². The lowest BCUT2D eigenvalue weighted by molar-refractivity contribution is 1.17. The maximum atomic E-state index is 5.21. The van der Waals surface area contributed by atoms with Crippen molar-refractivity contribution in [3.63, 3.8) is 0 Å². The lowest BCUT2D eigenvalue weighted by Gasteiger charge is -2.28. The van der Waals surface area contributed by atoms with Crippen molar-refractivity contribution >= 4 is 34.4 Å². The van der Waals surface area contributed by atoms with Crippen LogP contribution in [0.5, 0.6) is 0 Å². The van der Waals surface area contributed by atoms with Crippen molar-refractivity contribution in [3.8, 4) is 45.0 Å². The standard InChI is InChI=1S/C50H36N6/c1-3-15-37(16-4-1)47-25-13-27-49(53-47)55(43-21-11-19-39(35-43)45-23-7-9-33-51-45)41-29-31-42(32-30-41)56(44-22-12-20-40(36-44)46-24-8-10-34-52-46)50-28-14-26-48(54-50)38-17-5-2-6-18-38/h1-36H. The molecular weight excluding hydrogens is 685 g/mol. The number of hydrogen-bond donors (Lipinski definition) is 0. The van der Waals surface area contributed by atoms with Gasteiger partial charge in [0.2, 0.25) is 0 Å². The fourth-order valence-electron chi connectivity index (χ4n) is 6.89. The average Bonchev–Trinajstić information content (AvgIpc) is 3.29. The lowest BCUT2D eigenvalue weighted by Crippen LogP contribution is -2.14. The Balaban J connectivity index is 1.17. The van der Waals surface area contributed by atoms with Crippen molar-refractivity contribution in [3.05, 3.63) is 219 Å². The van der Waals surface area contributed by atoms with Crippen LogP contribution in [0.3, 0.4) is 0 Å². The van der Waals surface area contributed by atoms with Crippen molar-refractivity contribution in [2.75, 3.05) is 9.80 Å². The second kappa shape index (κ2) is 15.7. The van der Waals surface area contributed by atoms with Gasteiger partial charge in [-0.05, 0) is 97.1 Å². The van der Waals surface area contributed by atoms with Crippen LogP contribution in [0.15, 0.2) is 219 Å². The number of benzene rings is 5. The van der Waals surface area contributed by atoms with Crippen LogP contribution in [0.4, 0.5) is 34.4 Å². The van der Waals surface area contributed by atoms with Gasteiger partial charge >= 0.3 is 0 Å². The maximum Gasteiger partial charge on any atom is 0.138 e. The van der Waals surface area contributed by atoms with Crippen LogP contribution < -0.4 is 9.80 Å². The zero-order valence-electron chi connectivity index (χ0n) is 30.5. The van der Waals surface area contributed by atoms with Gasteiger partial charge in [-0.25, -0.2) is 9.97 Å². The third kappa shape index (κ3) is 7.27. The van der Waals surface area contributed by atoms with E-state index in [9.17, 15) is 0 Å². The molecule has 0 aliphatic rings. The fraction of sp³-hybridized carbons (Fsp3) is 0. The van der Waals surface area contributed by atoms with E-state index in [0.29, 0.717) is 0 Å². The average molecular weight is 721 g/mol. The molecule has 0 saturated carbocycles. The van der Waals surface area contributed by atoms with E-state index < -0.39 is 0 Å². The van der Waals surface area contributed by atoms with Gasteiger partial charge in [-0.15, -0.1) is 0 Å². The molecule has 0 N–H and O–H groups in total. The normalized spacial score (nSPS) is 10.9. The summed E-state index contributed by atoms with van der Waals surface area (Å²) < 4.78 is 0. The smallest absolute Gasteiger partial charge is 0.138 e.